The summed E-state index contributed by atoms with van der Waals surface area (Å²) in [5.74, 6) is 0.510. The number of anilines is 1. The number of rotatable bonds is 4. The lowest BCUT2D eigenvalue weighted by molar-refractivity contribution is 0.432. The Kier molecular flexibility index (Phi) is 3.10. The Balaban J connectivity index is 2.02. The number of hydrogen-bond acceptors (Lipinski definition) is 5. The van der Waals surface area contributed by atoms with Gasteiger partial charge in [-0.05, 0) is 17.9 Å². The number of nitrogens with one attached hydrogen (secondary N) is 1. The zero-order valence-electron chi connectivity index (χ0n) is 10.6. The van der Waals surface area contributed by atoms with Crippen molar-refractivity contribution in [1.29, 1.82) is 0 Å². The summed E-state index contributed by atoms with van der Waals surface area (Å²) in [7, 11) is 0. The van der Waals surface area contributed by atoms with Crippen molar-refractivity contribution in [3.05, 3.63) is 36.5 Å². The Bertz CT molecular complexity index is 687. The Labute approximate surface area is 110 Å². The molecule has 0 amide bonds. The van der Waals surface area contributed by atoms with Crippen molar-refractivity contribution in [3.63, 3.8) is 0 Å². The zero-order chi connectivity index (χ0) is 13.1. The molecule has 0 aliphatic carbocycles. The van der Waals surface area contributed by atoms with Crippen LogP contribution < -0.4 is 5.32 Å². The Hall–Kier alpha value is -2.43. The summed E-state index contributed by atoms with van der Waals surface area (Å²) in [6.45, 7) is 2.89. The molecule has 0 saturated heterocycles. The first-order valence-corrected chi connectivity index (χ1v) is 6.30. The number of aromatic nitrogens is 3. The lowest BCUT2D eigenvalue weighted by Crippen LogP contribution is -1.99. The van der Waals surface area contributed by atoms with E-state index < -0.39 is 0 Å². The van der Waals surface area contributed by atoms with Crippen molar-refractivity contribution in [2.45, 2.75) is 13.3 Å². The molecule has 0 fully saturated rings. The average Bonchev–Trinajstić information content (AvgIpc) is 2.93. The molecule has 0 aliphatic rings. The van der Waals surface area contributed by atoms with Gasteiger partial charge in [-0.15, -0.1) is 0 Å². The number of fused-ring (bicyclic) bond motifs is 1. The highest BCUT2D eigenvalue weighted by atomic mass is 16.5. The second-order valence-corrected chi connectivity index (χ2v) is 4.23. The molecule has 5 nitrogen and oxygen atoms in total. The van der Waals surface area contributed by atoms with Crippen LogP contribution in [0.5, 0.6) is 0 Å². The summed E-state index contributed by atoms with van der Waals surface area (Å²) in [5, 5.41) is 9.18. The minimum Gasteiger partial charge on any atom is -0.338 e. The van der Waals surface area contributed by atoms with E-state index in [1.54, 1.807) is 6.20 Å². The average molecular weight is 254 g/mol. The van der Waals surface area contributed by atoms with Gasteiger partial charge in [0.1, 0.15) is 5.69 Å². The van der Waals surface area contributed by atoms with E-state index >= 15 is 0 Å². The quantitative estimate of drug-likeness (QED) is 0.775. The maximum atomic E-state index is 5.16. The molecule has 0 atom stereocenters. The zero-order valence-corrected chi connectivity index (χ0v) is 10.6. The van der Waals surface area contributed by atoms with E-state index in [0.717, 1.165) is 29.4 Å². The van der Waals surface area contributed by atoms with Crippen molar-refractivity contribution in [1.82, 2.24) is 15.1 Å². The number of pyridine rings is 1. The predicted octanol–water partition coefficient (Wildman–Crippen LogP) is 3.11. The number of benzene rings is 1. The van der Waals surface area contributed by atoms with Gasteiger partial charge in [0.05, 0.1) is 0 Å². The molecule has 5 heteroatoms. The molecule has 2 aromatic heterocycles. The first-order valence-electron chi connectivity index (χ1n) is 6.30. The van der Waals surface area contributed by atoms with E-state index in [4.69, 9.17) is 4.52 Å². The van der Waals surface area contributed by atoms with Crippen molar-refractivity contribution in [3.8, 4) is 11.5 Å². The standard InChI is InChI=1S/C14H14N4O/c1-2-8-16-14-17-13(18-19-14)12-11-6-4-3-5-10(11)7-9-15-12/h3-7,9H,2,8H2,1H3,(H,16,17,18). The van der Waals surface area contributed by atoms with E-state index in [-0.39, 0.29) is 0 Å². The van der Waals surface area contributed by atoms with Gasteiger partial charge in [0.25, 0.3) is 0 Å². The van der Waals surface area contributed by atoms with Crippen LogP contribution in [0.3, 0.4) is 0 Å². The smallest absolute Gasteiger partial charge is 0.321 e. The maximum Gasteiger partial charge on any atom is 0.321 e. The highest BCUT2D eigenvalue weighted by Gasteiger charge is 2.12. The van der Waals surface area contributed by atoms with Crippen molar-refractivity contribution in [2.75, 3.05) is 11.9 Å². The summed E-state index contributed by atoms with van der Waals surface area (Å²) in [6.07, 6.45) is 2.76. The van der Waals surface area contributed by atoms with Crippen molar-refractivity contribution in [2.24, 2.45) is 0 Å². The van der Waals surface area contributed by atoms with Crippen LogP contribution in [0.25, 0.3) is 22.3 Å². The molecule has 0 unspecified atom stereocenters. The first-order chi connectivity index (χ1) is 9.38. The number of hydrogen-bond donors (Lipinski definition) is 1. The third kappa shape index (κ3) is 2.27. The summed E-state index contributed by atoms with van der Waals surface area (Å²) >= 11 is 0. The van der Waals surface area contributed by atoms with Crippen LogP contribution in [-0.2, 0) is 0 Å². The minimum atomic E-state index is 0.437. The molecule has 2 heterocycles. The summed E-state index contributed by atoms with van der Waals surface area (Å²) < 4.78 is 5.16. The molecule has 3 rings (SSSR count). The Morgan fingerprint density at radius 3 is 3.00 bits per heavy atom. The van der Waals surface area contributed by atoms with E-state index in [0.29, 0.717) is 11.8 Å². The SMILES string of the molecule is CCCNc1nc(-c2nccc3ccccc23)no1. The highest BCUT2D eigenvalue weighted by Crippen LogP contribution is 2.24. The first kappa shape index (κ1) is 11.6. The van der Waals surface area contributed by atoms with E-state index in [1.807, 2.05) is 30.3 Å². The van der Waals surface area contributed by atoms with Crippen LogP contribution in [-0.4, -0.2) is 21.7 Å². The second-order valence-electron chi connectivity index (χ2n) is 4.23. The highest BCUT2D eigenvalue weighted by molar-refractivity contribution is 5.92. The molecule has 3 aromatic rings. The molecule has 0 spiro atoms. The van der Waals surface area contributed by atoms with E-state index in [9.17, 15) is 0 Å². The molecule has 1 aromatic carbocycles. The minimum absolute atomic E-state index is 0.437. The topological polar surface area (TPSA) is 63.8 Å². The molecular weight excluding hydrogens is 240 g/mol. The van der Waals surface area contributed by atoms with E-state index in [1.165, 1.54) is 0 Å². The van der Waals surface area contributed by atoms with Crippen LogP contribution in [0, 0.1) is 0 Å². The molecule has 96 valence electrons. The van der Waals surface area contributed by atoms with Gasteiger partial charge in [0.15, 0.2) is 0 Å². The molecule has 0 aliphatic heterocycles. The maximum absolute atomic E-state index is 5.16. The predicted molar refractivity (Wildman–Crippen MR) is 73.8 cm³/mol. The number of nitrogens with zero attached hydrogens (tertiary/aromatic N) is 3. The monoisotopic (exact) mass is 254 g/mol. The van der Waals surface area contributed by atoms with E-state index in [2.05, 4.69) is 27.4 Å². The van der Waals surface area contributed by atoms with Crippen molar-refractivity contribution >= 4 is 16.8 Å². The van der Waals surface area contributed by atoms with Gasteiger partial charge in [-0.1, -0.05) is 36.3 Å². The van der Waals surface area contributed by atoms with Crippen LogP contribution in [0.15, 0.2) is 41.1 Å². The van der Waals surface area contributed by atoms with Crippen LogP contribution in [0.4, 0.5) is 6.01 Å². The van der Waals surface area contributed by atoms with Gasteiger partial charge in [-0.25, -0.2) is 0 Å². The largest absolute Gasteiger partial charge is 0.338 e. The van der Waals surface area contributed by atoms with Gasteiger partial charge < -0.3 is 9.84 Å². The Morgan fingerprint density at radius 2 is 2.11 bits per heavy atom. The third-order valence-corrected chi connectivity index (χ3v) is 2.84. The van der Waals surface area contributed by atoms with Gasteiger partial charge >= 0.3 is 6.01 Å². The van der Waals surface area contributed by atoms with Crippen LogP contribution in [0.1, 0.15) is 13.3 Å². The molecular formula is C14H14N4O. The van der Waals surface area contributed by atoms with Gasteiger partial charge in [0.2, 0.25) is 5.82 Å². The van der Waals surface area contributed by atoms with Gasteiger partial charge in [0, 0.05) is 18.1 Å². The lowest BCUT2D eigenvalue weighted by Gasteiger charge is -2.00. The van der Waals surface area contributed by atoms with Gasteiger partial charge in [-0.3, -0.25) is 4.98 Å². The Morgan fingerprint density at radius 1 is 1.21 bits per heavy atom. The van der Waals surface area contributed by atoms with Gasteiger partial charge in [-0.2, -0.15) is 4.98 Å². The second kappa shape index (κ2) is 5.06. The lowest BCUT2D eigenvalue weighted by atomic mass is 10.1. The fraction of sp³-hybridized carbons (Fsp3) is 0.214. The molecule has 1 N–H and O–H groups in total. The fourth-order valence-corrected chi connectivity index (χ4v) is 1.92. The normalized spacial score (nSPS) is 10.8. The van der Waals surface area contributed by atoms with Crippen molar-refractivity contribution < 1.29 is 4.52 Å². The van der Waals surface area contributed by atoms with Crippen LogP contribution >= 0.6 is 0 Å². The molecule has 0 bridgehead atoms. The third-order valence-electron chi connectivity index (χ3n) is 2.84. The molecule has 0 radical (unpaired) electrons. The fourth-order valence-electron chi connectivity index (χ4n) is 1.92. The molecule has 19 heavy (non-hydrogen) atoms. The summed E-state index contributed by atoms with van der Waals surface area (Å²) in [5.41, 5.74) is 0.742. The summed E-state index contributed by atoms with van der Waals surface area (Å²) in [4.78, 5) is 8.67. The molecule has 0 saturated carbocycles. The summed E-state index contributed by atoms with van der Waals surface area (Å²) in [6, 6.07) is 10.4. The van der Waals surface area contributed by atoms with Crippen LogP contribution in [0.2, 0.25) is 0 Å².